The van der Waals surface area contributed by atoms with Gasteiger partial charge in [-0.05, 0) is 62.6 Å². The van der Waals surface area contributed by atoms with Crippen molar-refractivity contribution in [3.8, 4) is 0 Å². The first-order valence-electron chi connectivity index (χ1n) is 10.6. The van der Waals surface area contributed by atoms with Gasteiger partial charge in [0.15, 0.2) is 0 Å². The Labute approximate surface area is 185 Å². The predicted molar refractivity (Wildman–Crippen MR) is 127 cm³/mol. The van der Waals surface area contributed by atoms with E-state index in [4.69, 9.17) is 4.74 Å². The Hall–Kier alpha value is -2.90. The smallest absolute Gasteiger partial charge is 0.264 e. The highest BCUT2D eigenvalue weighted by atomic mass is 32.1. The number of aromatic amines is 1. The monoisotopic (exact) mass is 434 g/mol. The minimum absolute atomic E-state index is 0.0772. The lowest BCUT2D eigenvalue weighted by atomic mass is 10.1. The number of ether oxygens (including phenoxy) is 1. The molecule has 2 N–H and O–H groups in total. The van der Waals surface area contributed by atoms with Crippen LogP contribution in [0.25, 0.3) is 21.1 Å². The highest BCUT2D eigenvalue weighted by molar-refractivity contribution is 7.21. The number of hydrogen-bond donors (Lipinski definition) is 2. The molecule has 1 aliphatic heterocycles. The van der Waals surface area contributed by atoms with Crippen molar-refractivity contribution in [3.05, 3.63) is 52.7 Å². The van der Waals surface area contributed by atoms with Crippen molar-refractivity contribution < 1.29 is 9.53 Å². The van der Waals surface area contributed by atoms with Crippen LogP contribution in [0, 0.1) is 13.8 Å². The van der Waals surface area contributed by atoms with Gasteiger partial charge < -0.3 is 19.9 Å². The van der Waals surface area contributed by atoms with Crippen molar-refractivity contribution in [2.24, 2.45) is 0 Å². The van der Waals surface area contributed by atoms with Gasteiger partial charge in [-0.25, -0.2) is 0 Å². The number of carbonyl (C=O) groups excluding carboxylic acids is 1. The van der Waals surface area contributed by atoms with E-state index in [1.807, 2.05) is 17.0 Å². The van der Waals surface area contributed by atoms with Crippen molar-refractivity contribution >= 4 is 49.7 Å². The molecule has 0 spiro atoms. The number of nitrogens with zero attached hydrogens (tertiary/aromatic N) is 2. The van der Waals surface area contributed by atoms with Crippen molar-refractivity contribution in [3.63, 3.8) is 0 Å². The Kier molecular flexibility index (Phi) is 5.16. The molecule has 1 aliphatic rings. The van der Waals surface area contributed by atoms with Crippen LogP contribution in [-0.4, -0.2) is 47.1 Å². The van der Waals surface area contributed by atoms with E-state index < -0.39 is 0 Å². The Balaban J connectivity index is 1.46. The number of carbonyl (C=O) groups is 1. The fourth-order valence-electron chi connectivity index (χ4n) is 4.45. The Morgan fingerprint density at radius 1 is 1.32 bits per heavy atom. The van der Waals surface area contributed by atoms with E-state index in [0.29, 0.717) is 6.61 Å². The molecule has 4 heterocycles. The van der Waals surface area contributed by atoms with Crippen LogP contribution in [0.15, 0.2) is 36.5 Å². The molecular weight excluding hydrogens is 408 g/mol. The first kappa shape index (κ1) is 20.0. The quantitative estimate of drug-likeness (QED) is 0.442. The van der Waals surface area contributed by atoms with Crippen LogP contribution < -0.4 is 5.32 Å². The van der Waals surface area contributed by atoms with Crippen LogP contribution in [-0.2, 0) is 4.74 Å². The number of amides is 1. The first-order valence-corrected chi connectivity index (χ1v) is 11.4. The average molecular weight is 435 g/mol. The van der Waals surface area contributed by atoms with Crippen molar-refractivity contribution in [1.82, 2.24) is 14.9 Å². The molecule has 0 saturated carbocycles. The molecule has 160 valence electrons. The Morgan fingerprint density at radius 2 is 2.19 bits per heavy atom. The second-order valence-electron chi connectivity index (χ2n) is 8.19. The average Bonchev–Trinajstić information content (AvgIpc) is 3.47. The summed E-state index contributed by atoms with van der Waals surface area (Å²) < 4.78 is 6.31. The molecule has 5 rings (SSSR count). The van der Waals surface area contributed by atoms with E-state index in [-0.39, 0.29) is 11.9 Å². The minimum atomic E-state index is 0.0772. The van der Waals surface area contributed by atoms with Gasteiger partial charge in [0.1, 0.15) is 0 Å². The summed E-state index contributed by atoms with van der Waals surface area (Å²) in [5.74, 6) is 0.0772. The molecule has 1 amide bonds. The van der Waals surface area contributed by atoms with E-state index in [1.54, 1.807) is 13.3 Å². The normalized spacial score (nSPS) is 16.5. The van der Waals surface area contributed by atoms with Gasteiger partial charge in [-0.2, -0.15) is 0 Å². The molecule has 1 fully saturated rings. The molecule has 6 nitrogen and oxygen atoms in total. The second-order valence-corrected chi connectivity index (χ2v) is 9.25. The van der Waals surface area contributed by atoms with Crippen LogP contribution in [0.4, 0.5) is 11.4 Å². The van der Waals surface area contributed by atoms with E-state index in [1.165, 1.54) is 28.0 Å². The zero-order valence-corrected chi connectivity index (χ0v) is 18.8. The summed E-state index contributed by atoms with van der Waals surface area (Å²) in [7, 11) is 1.69. The molecule has 31 heavy (non-hydrogen) atoms. The Bertz CT molecular complexity index is 1280. The number of pyridine rings is 1. The summed E-state index contributed by atoms with van der Waals surface area (Å²) in [6.45, 7) is 5.60. The zero-order valence-electron chi connectivity index (χ0n) is 18.0. The molecule has 4 aromatic rings. The number of aryl methyl sites for hydroxylation is 2. The summed E-state index contributed by atoms with van der Waals surface area (Å²) in [6.07, 6.45) is 3.81. The van der Waals surface area contributed by atoms with Gasteiger partial charge in [0.05, 0.1) is 33.4 Å². The largest absolute Gasteiger partial charge is 0.383 e. The Morgan fingerprint density at radius 3 is 3.03 bits per heavy atom. The number of thiophene rings is 1. The predicted octanol–water partition coefficient (Wildman–Crippen LogP) is 5.39. The number of rotatable bonds is 5. The lowest BCUT2D eigenvalue weighted by molar-refractivity contribution is 0.0635. The molecule has 1 aromatic carbocycles. The van der Waals surface area contributed by atoms with E-state index >= 15 is 0 Å². The maximum atomic E-state index is 13.2. The number of methoxy groups -OCH3 is 1. The molecular formula is C24H26N4O2S. The molecule has 0 aliphatic carbocycles. The minimum Gasteiger partial charge on any atom is -0.383 e. The number of nitrogens with one attached hydrogen (secondary N) is 2. The summed E-state index contributed by atoms with van der Waals surface area (Å²) in [5.41, 5.74) is 6.42. The third-order valence-corrected chi connectivity index (χ3v) is 7.35. The number of H-pyrrole nitrogens is 1. The van der Waals surface area contributed by atoms with Crippen molar-refractivity contribution in [2.45, 2.75) is 32.7 Å². The van der Waals surface area contributed by atoms with Crippen LogP contribution in [0.5, 0.6) is 0 Å². The summed E-state index contributed by atoms with van der Waals surface area (Å²) >= 11 is 1.51. The van der Waals surface area contributed by atoms with E-state index in [0.717, 1.165) is 51.4 Å². The summed E-state index contributed by atoms with van der Waals surface area (Å²) in [5, 5.41) is 4.75. The van der Waals surface area contributed by atoms with Gasteiger partial charge in [0.25, 0.3) is 5.91 Å². The summed E-state index contributed by atoms with van der Waals surface area (Å²) in [6, 6.07) is 10.4. The second kappa shape index (κ2) is 7.98. The number of benzene rings is 1. The van der Waals surface area contributed by atoms with Crippen LogP contribution >= 0.6 is 11.3 Å². The number of fused-ring (bicyclic) bond motifs is 2. The fraction of sp³-hybridized carbons (Fsp3) is 0.333. The number of hydrogen-bond acceptors (Lipinski definition) is 5. The van der Waals surface area contributed by atoms with Gasteiger partial charge >= 0.3 is 0 Å². The van der Waals surface area contributed by atoms with Crippen molar-refractivity contribution in [1.29, 1.82) is 0 Å². The molecule has 1 atom stereocenters. The van der Waals surface area contributed by atoms with Gasteiger partial charge in [-0.3, -0.25) is 9.78 Å². The maximum absolute atomic E-state index is 13.2. The van der Waals surface area contributed by atoms with E-state index in [2.05, 4.69) is 47.3 Å². The van der Waals surface area contributed by atoms with Gasteiger partial charge in [-0.1, -0.05) is 0 Å². The van der Waals surface area contributed by atoms with Crippen LogP contribution in [0.2, 0.25) is 0 Å². The van der Waals surface area contributed by atoms with E-state index in [9.17, 15) is 4.79 Å². The van der Waals surface area contributed by atoms with Crippen molar-refractivity contribution in [2.75, 3.05) is 25.6 Å². The third-order valence-electron chi connectivity index (χ3n) is 6.21. The van der Waals surface area contributed by atoms with Gasteiger partial charge in [0.2, 0.25) is 0 Å². The molecule has 7 heteroatoms. The lowest BCUT2D eigenvalue weighted by Crippen LogP contribution is -2.37. The first-order chi connectivity index (χ1) is 15.0. The maximum Gasteiger partial charge on any atom is 0.264 e. The van der Waals surface area contributed by atoms with Gasteiger partial charge in [-0.15, -0.1) is 11.3 Å². The molecule has 3 aromatic heterocycles. The number of anilines is 2. The lowest BCUT2D eigenvalue weighted by Gasteiger charge is -2.23. The standard InChI is InChI=1S/C24H26N4O2S/c1-14-15(2)26-19-7-6-16(11-18(14)19)27-20-8-9-25-21-12-22(31-23(20)21)24(29)28-10-4-5-17(28)13-30-3/h6-9,11-12,17,26H,4-5,10,13H2,1-3H3,(H,25,27). The topological polar surface area (TPSA) is 70.2 Å². The SMILES string of the molecule is COCC1CCCN1C(=O)c1cc2nccc(Nc3ccc4[nH]c(C)c(C)c4c3)c2s1. The third kappa shape index (κ3) is 3.58. The zero-order chi connectivity index (χ0) is 21.5. The molecule has 1 unspecified atom stereocenters. The summed E-state index contributed by atoms with van der Waals surface area (Å²) in [4.78, 5) is 23.8. The fourth-order valence-corrected chi connectivity index (χ4v) is 5.49. The molecule has 1 saturated heterocycles. The number of aromatic nitrogens is 2. The highest BCUT2D eigenvalue weighted by Gasteiger charge is 2.30. The highest BCUT2D eigenvalue weighted by Crippen LogP contribution is 2.35. The van der Waals surface area contributed by atoms with Crippen LogP contribution in [0.1, 0.15) is 33.8 Å². The van der Waals surface area contributed by atoms with Crippen LogP contribution in [0.3, 0.4) is 0 Å². The molecule has 0 radical (unpaired) electrons. The molecule has 0 bridgehead atoms. The van der Waals surface area contributed by atoms with Gasteiger partial charge in [0, 0.05) is 42.1 Å². The number of likely N-dealkylation sites (tertiary alicyclic amines) is 1.